The summed E-state index contributed by atoms with van der Waals surface area (Å²) < 4.78 is 0. The second kappa shape index (κ2) is 5.85. The lowest BCUT2D eigenvalue weighted by molar-refractivity contribution is 0.598. The second-order valence-electron chi connectivity index (χ2n) is 4.31. The highest BCUT2D eigenvalue weighted by Gasteiger charge is 2.03. The molecular weight excluding hydrogens is 168 g/mol. The molecule has 1 aromatic carbocycles. The lowest BCUT2D eigenvalue weighted by Crippen LogP contribution is -1.93. The van der Waals surface area contributed by atoms with Crippen LogP contribution < -0.4 is 0 Å². The number of benzene rings is 1. The van der Waals surface area contributed by atoms with Crippen molar-refractivity contribution in [1.82, 2.24) is 0 Å². The molecule has 0 amide bonds. The summed E-state index contributed by atoms with van der Waals surface area (Å²) in [6.07, 6.45) is 5.39. The van der Waals surface area contributed by atoms with Gasteiger partial charge in [-0.1, -0.05) is 62.9 Å². The maximum Gasteiger partial charge on any atom is -0.0190 e. The number of unbranched alkanes of at least 4 members (excludes halogenated alkanes) is 2. The van der Waals surface area contributed by atoms with Crippen LogP contribution >= 0.6 is 0 Å². The summed E-state index contributed by atoms with van der Waals surface area (Å²) >= 11 is 0. The number of hydrogen-bond acceptors (Lipinski definition) is 0. The molecule has 0 N–H and O–H groups in total. The van der Waals surface area contributed by atoms with E-state index >= 15 is 0 Å². The van der Waals surface area contributed by atoms with Crippen molar-refractivity contribution < 1.29 is 0 Å². The van der Waals surface area contributed by atoms with Crippen LogP contribution in [0.4, 0.5) is 0 Å². The smallest absolute Gasteiger partial charge is 0.0190 e. The molecule has 0 nitrogen and oxygen atoms in total. The molecule has 14 heavy (non-hydrogen) atoms. The molecule has 0 saturated carbocycles. The average molecular weight is 190 g/mol. The van der Waals surface area contributed by atoms with Crippen LogP contribution in [0.15, 0.2) is 24.3 Å². The van der Waals surface area contributed by atoms with E-state index in [-0.39, 0.29) is 0 Å². The summed E-state index contributed by atoms with van der Waals surface area (Å²) in [5.41, 5.74) is 2.85. The molecule has 1 aromatic rings. The maximum absolute atomic E-state index is 2.33. The van der Waals surface area contributed by atoms with Gasteiger partial charge in [-0.25, -0.2) is 0 Å². The third-order valence-electron chi connectivity index (χ3n) is 2.89. The summed E-state index contributed by atoms with van der Waals surface area (Å²) in [5, 5.41) is 0. The molecule has 0 heteroatoms. The summed E-state index contributed by atoms with van der Waals surface area (Å²) in [7, 11) is 0. The molecular formula is C14H22. The van der Waals surface area contributed by atoms with Gasteiger partial charge in [-0.15, -0.1) is 0 Å². The van der Waals surface area contributed by atoms with E-state index in [1.54, 1.807) is 0 Å². The van der Waals surface area contributed by atoms with E-state index in [9.17, 15) is 0 Å². The zero-order valence-corrected chi connectivity index (χ0v) is 9.72. The van der Waals surface area contributed by atoms with Gasteiger partial charge in [0.1, 0.15) is 0 Å². The standard InChI is InChI=1S/C14H22/c1-4-5-6-7-13(3)14-10-8-12(2)9-11-14/h8-11,13H,4-7H2,1-3H3. The highest BCUT2D eigenvalue weighted by Crippen LogP contribution is 2.21. The number of rotatable bonds is 5. The Kier molecular flexibility index (Phi) is 4.72. The van der Waals surface area contributed by atoms with Crippen molar-refractivity contribution in [2.75, 3.05) is 0 Å². The third-order valence-corrected chi connectivity index (χ3v) is 2.89. The van der Waals surface area contributed by atoms with Crippen molar-refractivity contribution in [3.63, 3.8) is 0 Å². The van der Waals surface area contributed by atoms with Crippen molar-refractivity contribution in [2.45, 2.75) is 52.4 Å². The molecule has 1 atom stereocenters. The van der Waals surface area contributed by atoms with E-state index in [1.165, 1.54) is 36.8 Å². The quantitative estimate of drug-likeness (QED) is 0.591. The van der Waals surface area contributed by atoms with Crippen LogP contribution in [-0.4, -0.2) is 0 Å². The highest BCUT2D eigenvalue weighted by atomic mass is 14.1. The minimum Gasteiger partial charge on any atom is -0.0654 e. The average Bonchev–Trinajstić information content (AvgIpc) is 2.19. The summed E-state index contributed by atoms with van der Waals surface area (Å²) in [6, 6.07) is 8.97. The molecule has 1 rings (SSSR count). The van der Waals surface area contributed by atoms with Crippen LogP contribution in [-0.2, 0) is 0 Å². The van der Waals surface area contributed by atoms with Crippen molar-refractivity contribution in [1.29, 1.82) is 0 Å². The SMILES string of the molecule is CCCCCC(C)c1ccc(C)cc1. The summed E-state index contributed by atoms with van der Waals surface area (Å²) in [4.78, 5) is 0. The Bertz CT molecular complexity index is 245. The van der Waals surface area contributed by atoms with Gasteiger partial charge in [-0.3, -0.25) is 0 Å². The van der Waals surface area contributed by atoms with Gasteiger partial charge in [-0.2, -0.15) is 0 Å². The normalized spacial score (nSPS) is 12.8. The minimum absolute atomic E-state index is 0.724. The molecule has 78 valence electrons. The fraction of sp³-hybridized carbons (Fsp3) is 0.571. The van der Waals surface area contributed by atoms with E-state index in [4.69, 9.17) is 0 Å². The Morgan fingerprint density at radius 3 is 2.29 bits per heavy atom. The van der Waals surface area contributed by atoms with Gasteiger partial charge in [0, 0.05) is 0 Å². The van der Waals surface area contributed by atoms with Crippen molar-refractivity contribution in [2.24, 2.45) is 0 Å². The second-order valence-corrected chi connectivity index (χ2v) is 4.31. The van der Waals surface area contributed by atoms with Gasteiger partial charge in [0.05, 0.1) is 0 Å². The van der Waals surface area contributed by atoms with Crippen LogP contribution in [0, 0.1) is 6.92 Å². The lowest BCUT2D eigenvalue weighted by atomic mass is 9.94. The third kappa shape index (κ3) is 3.53. The molecule has 0 saturated heterocycles. The monoisotopic (exact) mass is 190 g/mol. The van der Waals surface area contributed by atoms with Crippen LogP contribution in [0.5, 0.6) is 0 Å². The maximum atomic E-state index is 2.33. The van der Waals surface area contributed by atoms with Crippen LogP contribution in [0.2, 0.25) is 0 Å². The minimum atomic E-state index is 0.724. The lowest BCUT2D eigenvalue weighted by Gasteiger charge is -2.11. The van der Waals surface area contributed by atoms with Crippen molar-refractivity contribution >= 4 is 0 Å². The highest BCUT2D eigenvalue weighted by molar-refractivity contribution is 5.23. The van der Waals surface area contributed by atoms with Gasteiger partial charge in [-0.05, 0) is 24.8 Å². The first-order valence-corrected chi connectivity index (χ1v) is 5.80. The molecule has 0 radical (unpaired) electrons. The topological polar surface area (TPSA) is 0 Å². The van der Waals surface area contributed by atoms with E-state index in [0.717, 1.165) is 5.92 Å². The Balaban J connectivity index is 2.43. The predicted molar refractivity (Wildman–Crippen MR) is 63.7 cm³/mol. The fourth-order valence-corrected chi connectivity index (χ4v) is 1.76. The van der Waals surface area contributed by atoms with Gasteiger partial charge >= 0.3 is 0 Å². The van der Waals surface area contributed by atoms with Gasteiger partial charge < -0.3 is 0 Å². The molecule has 0 heterocycles. The van der Waals surface area contributed by atoms with E-state index in [2.05, 4.69) is 45.0 Å². The largest absolute Gasteiger partial charge is 0.0654 e. The van der Waals surface area contributed by atoms with Gasteiger partial charge in [0.15, 0.2) is 0 Å². The molecule has 0 spiro atoms. The summed E-state index contributed by atoms with van der Waals surface area (Å²) in [6.45, 7) is 6.74. The Hall–Kier alpha value is -0.780. The summed E-state index contributed by atoms with van der Waals surface area (Å²) in [5.74, 6) is 0.724. The Morgan fingerprint density at radius 1 is 1.07 bits per heavy atom. The molecule has 0 aliphatic rings. The van der Waals surface area contributed by atoms with E-state index < -0.39 is 0 Å². The molecule has 0 aliphatic heterocycles. The van der Waals surface area contributed by atoms with Crippen LogP contribution in [0.3, 0.4) is 0 Å². The van der Waals surface area contributed by atoms with Gasteiger partial charge in [0.25, 0.3) is 0 Å². The zero-order valence-electron chi connectivity index (χ0n) is 9.72. The molecule has 0 aliphatic carbocycles. The number of aryl methyl sites for hydroxylation is 1. The zero-order chi connectivity index (χ0) is 10.4. The van der Waals surface area contributed by atoms with Crippen LogP contribution in [0.25, 0.3) is 0 Å². The Morgan fingerprint density at radius 2 is 1.71 bits per heavy atom. The molecule has 1 unspecified atom stereocenters. The first-order valence-electron chi connectivity index (χ1n) is 5.80. The van der Waals surface area contributed by atoms with Crippen molar-refractivity contribution in [3.05, 3.63) is 35.4 Å². The Labute approximate surface area is 88.4 Å². The number of hydrogen-bond donors (Lipinski definition) is 0. The molecule has 0 aromatic heterocycles. The predicted octanol–water partition coefficient (Wildman–Crippen LogP) is 4.68. The fourth-order valence-electron chi connectivity index (χ4n) is 1.76. The first kappa shape index (κ1) is 11.3. The van der Waals surface area contributed by atoms with E-state index in [1.807, 2.05) is 0 Å². The van der Waals surface area contributed by atoms with Gasteiger partial charge in [0.2, 0.25) is 0 Å². The first-order chi connectivity index (χ1) is 6.74. The van der Waals surface area contributed by atoms with Crippen LogP contribution in [0.1, 0.15) is 56.6 Å². The molecule has 0 fully saturated rings. The van der Waals surface area contributed by atoms with E-state index in [0.29, 0.717) is 0 Å². The van der Waals surface area contributed by atoms with Crippen molar-refractivity contribution in [3.8, 4) is 0 Å². The molecule has 0 bridgehead atoms.